The summed E-state index contributed by atoms with van der Waals surface area (Å²) in [6.07, 6.45) is 6.96. The van der Waals surface area contributed by atoms with Gasteiger partial charge in [0.1, 0.15) is 6.04 Å². The monoisotopic (exact) mass is 598 g/mol. The summed E-state index contributed by atoms with van der Waals surface area (Å²) in [5, 5.41) is 9.11. The van der Waals surface area contributed by atoms with E-state index in [-0.39, 0.29) is 23.7 Å². The Bertz CT molecular complexity index is 1550. The number of nitrogens with one attached hydrogen (secondary N) is 3. The zero-order chi connectivity index (χ0) is 30.5. The molecular formula is C33H38N6O3S. The molecule has 9 nitrogen and oxygen atoms in total. The van der Waals surface area contributed by atoms with E-state index in [4.69, 9.17) is 4.99 Å². The van der Waals surface area contributed by atoms with Gasteiger partial charge in [0.15, 0.2) is 12.1 Å². The number of hydrogen-bond donors (Lipinski definition) is 3. The largest absolute Gasteiger partial charge is 0.382 e. The normalized spacial score (nSPS) is 17.6. The maximum Gasteiger partial charge on any atom is 0.265 e. The zero-order valence-corrected chi connectivity index (χ0v) is 25.9. The van der Waals surface area contributed by atoms with Crippen LogP contribution in [-0.4, -0.2) is 68.0 Å². The first-order valence-corrected chi connectivity index (χ1v) is 15.3. The summed E-state index contributed by atoms with van der Waals surface area (Å²) in [6.45, 7) is 3.35. The number of aldehydes is 1. The summed E-state index contributed by atoms with van der Waals surface area (Å²) < 4.78 is 0. The SMILES string of the molecule is Cc1c(NC(=O)c2cc3c(s2)CCCC3)cccc1/C(=C/N(C)C)N=C(C=O)Nc1ccc(C2C(=O)NCCN2C)cc1. The smallest absolute Gasteiger partial charge is 0.265 e. The van der Waals surface area contributed by atoms with Crippen molar-refractivity contribution < 1.29 is 14.4 Å². The standard InChI is InChI=1S/C33H38N6O3S/c1-21-25(9-7-10-26(21)37-32(41)29-18-23-8-5-6-11-28(23)43-29)27(19-38(2)3)36-30(20-40)35-24-14-12-22(13-15-24)31-33(42)34-16-17-39(31)4/h7,9-10,12-15,18-20,31H,5-6,8,11,16-17H2,1-4H3,(H,34,42)(H,35,36)(H,37,41)/b27-19-. The molecular weight excluding hydrogens is 560 g/mol. The first-order chi connectivity index (χ1) is 20.7. The second-order valence-electron chi connectivity index (χ2n) is 11.2. The number of benzene rings is 2. The molecule has 3 N–H and O–H groups in total. The average molecular weight is 599 g/mol. The average Bonchev–Trinajstić information content (AvgIpc) is 3.43. The van der Waals surface area contributed by atoms with E-state index >= 15 is 0 Å². The van der Waals surface area contributed by atoms with Gasteiger partial charge in [0, 0.05) is 55.2 Å². The number of amides is 2. The molecule has 3 aromatic rings. The number of carbonyl (C=O) groups excluding carboxylic acids is 3. The highest BCUT2D eigenvalue weighted by molar-refractivity contribution is 7.14. The highest BCUT2D eigenvalue weighted by atomic mass is 32.1. The third-order valence-corrected chi connectivity index (χ3v) is 9.00. The van der Waals surface area contributed by atoms with Crippen LogP contribution >= 0.6 is 11.3 Å². The minimum absolute atomic E-state index is 0.0219. The van der Waals surface area contributed by atoms with Gasteiger partial charge in [0.2, 0.25) is 5.91 Å². The molecule has 1 aliphatic heterocycles. The molecule has 10 heteroatoms. The summed E-state index contributed by atoms with van der Waals surface area (Å²) in [5.74, 6) is -0.00497. The molecule has 1 fully saturated rings. The molecule has 5 rings (SSSR count). The van der Waals surface area contributed by atoms with Crippen molar-refractivity contribution in [2.24, 2.45) is 4.99 Å². The van der Waals surface area contributed by atoms with E-state index in [1.165, 1.54) is 23.3 Å². The Morgan fingerprint density at radius 3 is 2.58 bits per heavy atom. The van der Waals surface area contributed by atoms with Gasteiger partial charge in [-0.3, -0.25) is 19.3 Å². The molecule has 0 spiro atoms. The molecule has 1 atom stereocenters. The Morgan fingerprint density at radius 2 is 1.88 bits per heavy atom. The number of aliphatic imine (C=N–C) groups is 1. The number of anilines is 2. The van der Waals surface area contributed by atoms with Crippen LogP contribution in [0, 0.1) is 6.92 Å². The van der Waals surface area contributed by atoms with Crippen LogP contribution < -0.4 is 16.0 Å². The van der Waals surface area contributed by atoms with Crippen LogP contribution in [0.1, 0.15) is 55.7 Å². The van der Waals surface area contributed by atoms with Crippen molar-refractivity contribution in [3.8, 4) is 0 Å². The second kappa shape index (κ2) is 13.4. The third-order valence-electron chi connectivity index (χ3n) is 7.76. The van der Waals surface area contributed by atoms with Gasteiger partial charge in [0.05, 0.1) is 10.6 Å². The molecule has 1 unspecified atom stereocenters. The maximum absolute atomic E-state index is 13.2. The molecule has 0 bridgehead atoms. The van der Waals surface area contributed by atoms with Crippen LogP contribution in [0.5, 0.6) is 0 Å². The van der Waals surface area contributed by atoms with Crippen LogP contribution in [0.25, 0.3) is 5.70 Å². The zero-order valence-electron chi connectivity index (χ0n) is 25.1. The van der Waals surface area contributed by atoms with Crippen molar-refractivity contribution in [2.45, 2.75) is 38.6 Å². The lowest BCUT2D eigenvalue weighted by molar-refractivity contribution is -0.128. The summed E-state index contributed by atoms with van der Waals surface area (Å²) in [5.41, 5.74) is 5.75. The minimum Gasteiger partial charge on any atom is -0.382 e. The highest BCUT2D eigenvalue weighted by Crippen LogP contribution is 2.32. The van der Waals surface area contributed by atoms with Crippen molar-refractivity contribution in [3.63, 3.8) is 0 Å². The van der Waals surface area contributed by atoms with Crippen molar-refractivity contribution in [3.05, 3.63) is 86.7 Å². The maximum atomic E-state index is 13.2. The fourth-order valence-electron chi connectivity index (χ4n) is 5.54. The van der Waals surface area contributed by atoms with Gasteiger partial charge in [-0.15, -0.1) is 11.3 Å². The van der Waals surface area contributed by atoms with E-state index in [0.717, 1.165) is 41.0 Å². The van der Waals surface area contributed by atoms with Gasteiger partial charge in [-0.1, -0.05) is 24.3 Å². The molecule has 0 saturated carbocycles. The van der Waals surface area contributed by atoms with E-state index in [1.807, 2.05) is 92.6 Å². The molecule has 43 heavy (non-hydrogen) atoms. The van der Waals surface area contributed by atoms with Crippen LogP contribution in [0.2, 0.25) is 0 Å². The first-order valence-electron chi connectivity index (χ1n) is 14.5. The number of rotatable bonds is 8. The van der Waals surface area contributed by atoms with Gasteiger partial charge in [-0.2, -0.15) is 0 Å². The van der Waals surface area contributed by atoms with E-state index in [2.05, 4.69) is 16.0 Å². The third kappa shape index (κ3) is 7.03. The first kappa shape index (κ1) is 30.2. The second-order valence-corrected chi connectivity index (χ2v) is 12.3. The summed E-state index contributed by atoms with van der Waals surface area (Å²) >= 11 is 1.59. The number of fused-ring (bicyclic) bond motifs is 1. The van der Waals surface area contributed by atoms with Gasteiger partial charge in [-0.05, 0) is 80.6 Å². The predicted molar refractivity (Wildman–Crippen MR) is 174 cm³/mol. The fraction of sp³-hybridized carbons (Fsp3) is 0.333. The quantitative estimate of drug-likeness (QED) is 0.194. The topological polar surface area (TPSA) is 106 Å². The lowest BCUT2D eigenvalue weighted by Gasteiger charge is -2.32. The van der Waals surface area contributed by atoms with Gasteiger partial charge < -0.3 is 20.9 Å². The Kier molecular flexibility index (Phi) is 9.37. The lowest BCUT2D eigenvalue weighted by atomic mass is 9.99. The number of aryl methyl sites for hydroxylation is 2. The molecule has 2 heterocycles. The Hall–Kier alpha value is -4.28. The van der Waals surface area contributed by atoms with Crippen LogP contribution in [0.15, 0.2) is 59.7 Å². The summed E-state index contributed by atoms with van der Waals surface area (Å²) in [7, 11) is 5.71. The summed E-state index contributed by atoms with van der Waals surface area (Å²) in [4.78, 5) is 48.4. The van der Waals surface area contributed by atoms with Crippen molar-refractivity contribution in [1.29, 1.82) is 0 Å². The molecule has 2 aromatic carbocycles. The number of nitrogens with zero attached hydrogens (tertiary/aromatic N) is 3. The Morgan fingerprint density at radius 1 is 1.12 bits per heavy atom. The molecule has 2 aliphatic rings. The van der Waals surface area contributed by atoms with Crippen LogP contribution in [0.4, 0.5) is 11.4 Å². The van der Waals surface area contributed by atoms with E-state index in [9.17, 15) is 14.4 Å². The van der Waals surface area contributed by atoms with Gasteiger partial charge in [0.25, 0.3) is 5.91 Å². The fourth-order valence-corrected chi connectivity index (χ4v) is 6.68. The van der Waals surface area contributed by atoms with Crippen molar-refractivity contribution in [2.75, 3.05) is 44.9 Å². The molecule has 1 aromatic heterocycles. The summed E-state index contributed by atoms with van der Waals surface area (Å²) in [6, 6.07) is 14.8. The van der Waals surface area contributed by atoms with E-state index < -0.39 is 0 Å². The molecule has 224 valence electrons. The molecule has 1 aliphatic carbocycles. The minimum atomic E-state index is -0.349. The number of hydrogen-bond acceptors (Lipinski definition) is 7. The van der Waals surface area contributed by atoms with Crippen LogP contribution in [-0.2, 0) is 22.4 Å². The lowest BCUT2D eigenvalue weighted by Crippen LogP contribution is -2.48. The predicted octanol–water partition coefficient (Wildman–Crippen LogP) is 4.86. The van der Waals surface area contributed by atoms with Crippen molar-refractivity contribution in [1.82, 2.24) is 15.1 Å². The van der Waals surface area contributed by atoms with Gasteiger partial charge in [-0.25, -0.2) is 4.99 Å². The molecule has 0 radical (unpaired) electrons. The van der Waals surface area contributed by atoms with Gasteiger partial charge >= 0.3 is 0 Å². The number of likely N-dealkylation sites (N-methyl/N-ethyl adjacent to an activating group) is 1. The Balaban J connectivity index is 1.37. The van der Waals surface area contributed by atoms with Crippen molar-refractivity contribution >= 4 is 52.3 Å². The highest BCUT2D eigenvalue weighted by Gasteiger charge is 2.28. The van der Waals surface area contributed by atoms with E-state index in [1.54, 1.807) is 11.3 Å². The number of carbonyl (C=O) groups is 3. The number of thiophene rings is 1. The van der Waals surface area contributed by atoms with E-state index in [0.29, 0.717) is 29.9 Å². The number of piperazine rings is 1. The number of amidine groups is 1. The molecule has 1 saturated heterocycles. The molecule has 2 amide bonds. The Labute approximate surface area is 256 Å². The van der Waals surface area contributed by atoms with Crippen LogP contribution in [0.3, 0.4) is 0 Å².